The number of hydrogen-bond donors (Lipinski definition) is 1. The van der Waals surface area contributed by atoms with Crippen LogP contribution in [0.15, 0.2) is 42.6 Å². The van der Waals surface area contributed by atoms with Crippen molar-refractivity contribution in [2.24, 2.45) is 0 Å². The maximum Gasteiger partial charge on any atom is 0.294 e. The monoisotopic (exact) mass is 449 g/mol. The minimum Gasteiger partial charge on any atom is -0.493 e. The number of benzene rings is 2. The zero-order valence-corrected chi connectivity index (χ0v) is 19.5. The van der Waals surface area contributed by atoms with Gasteiger partial charge in [-0.15, -0.1) is 0 Å². The van der Waals surface area contributed by atoms with Gasteiger partial charge in [-0.25, -0.2) is 0 Å². The maximum absolute atomic E-state index is 12.9. The van der Waals surface area contributed by atoms with E-state index in [4.69, 9.17) is 9.47 Å². The van der Waals surface area contributed by atoms with Crippen molar-refractivity contribution in [2.45, 2.75) is 19.3 Å². The van der Waals surface area contributed by atoms with Crippen molar-refractivity contribution in [2.75, 3.05) is 47.4 Å². The predicted octanol–water partition coefficient (Wildman–Crippen LogP) is 3.32. The number of hydrogen-bond acceptors (Lipinski definition) is 5. The molecule has 0 saturated heterocycles. The average molecular weight is 450 g/mol. The number of Topliss-reactive ketones (excluding diaryl/α,β-unsaturated/α-hetero) is 1. The molecule has 0 saturated carbocycles. The fourth-order valence-electron chi connectivity index (χ4n) is 4.46. The quantitative estimate of drug-likeness (QED) is 0.508. The molecule has 0 atom stereocenters. The highest BCUT2D eigenvalue weighted by atomic mass is 16.5. The third-order valence-electron chi connectivity index (χ3n) is 6.39. The molecule has 33 heavy (non-hydrogen) atoms. The zero-order chi connectivity index (χ0) is 23.4. The number of amides is 1. The summed E-state index contributed by atoms with van der Waals surface area (Å²) in [5.41, 5.74) is 3.71. The fraction of sp³-hybridized carbons (Fsp3) is 0.385. The van der Waals surface area contributed by atoms with Gasteiger partial charge in [0.05, 0.1) is 14.2 Å². The molecule has 1 N–H and O–H groups in total. The molecule has 0 radical (unpaired) electrons. The van der Waals surface area contributed by atoms with E-state index in [1.165, 1.54) is 18.1 Å². The molecule has 0 spiro atoms. The van der Waals surface area contributed by atoms with E-state index in [9.17, 15) is 9.59 Å². The maximum atomic E-state index is 12.9. The van der Waals surface area contributed by atoms with Crippen LogP contribution < -0.4 is 9.47 Å². The summed E-state index contributed by atoms with van der Waals surface area (Å²) in [6.07, 6.45) is 4.47. The largest absolute Gasteiger partial charge is 0.493 e. The minimum absolute atomic E-state index is 0.413. The second-order valence-corrected chi connectivity index (χ2v) is 8.50. The highest BCUT2D eigenvalue weighted by molar-refractivity contribution is 6.43. The average Bonchev–Trinajstić information content (AvgIpc) is 3.21. The van der Waals surface area contributed by atoms with Crippen LogP contribution in [-0.4, -0.2) is 73.9 Å². The lowest BCUT2D eigenvalue weighted by Crippen LogP contribution is -2.38. The van der Waals surface area contributed by atoms with Gasteiger partial charge in [0.15, 0.2) is 11.5 Å². The topological polar surface area (TPSA) is 74.9 Å². The van der Waals surface area contributed by atoms with Crippen LogP contribution in [0.5, 0.6) is 11.5 Å². The van der Waals surface area contributed by atoms with Gasteiger partial charge >= 0.3 is 0 Å². The van der Waals surface area contributed by atoms with Gasteiger partial charge in [0.2, 0.25) is 0 Å². The van der Waals surface area contributed by atoms with E-state index in [1.54, 1.807) is 24.1 Å². The normalized spacial score (nSPS) is 14.0. The Hall–Kier alpha value is -3.32. The predicted molar refractivity (Wildman–Crippen MR) is 128 cm³/mol. The van der Waals surface area contributed by atoms with E-state index in [2.05, 4.69) is 41.3 Å². The van der Waals surface area contributed by atoms with Crippen molar-refractivity contribution < 1.29 is 19.1 Å². The van der Waals surface area contributed by atoms with Crippen molar-refractivity contribution in [3.8, 4) is 11.5 Å². The molecule has 1 amide bonds. The van der Waals surface area contributed by atoms with Gasteiger partial charge in [-0.05, 0) is 62.2 Å². The summed E-state index contributed by atoms with van der Waals surface area (Å²) in [6, 6.07) is 11.8. The summed E-state index contributed by atoms with van der Waals surface area (Å²) in [5, 5.41) is 1.27. The molecule has 1 aromatic heterocycles. The molecular weight excluding hydrogens is 418 g/mol. The molecule has 0 fully saturated rings. The Bertz CT molecular complexity index is 1150. The van der Waals surface area contributed by atoms with Gasteiger partial charge in [0.25, 0.3) is 11.7 Å². The van der Waals surface area contributed by atoms with Crippen LogP contribution >= 0.6 is 0 Å². The van der Waals surface area contributed by atoms with Crippen LogP contribution in [-0.2, 0) is 17.6 Å². The van der Waals surface area contributed by atoms with Gasteiger partial charge in [-0.2, -0.15) is 0 Å². The van der Waals surface area contributed by atoms with Crippen LogP contribution in [0.4, 0.5) is 0 Å². The van der Waals surface area contributed by atoms with Gasteiger partial charge in [0, 0.05) is 42.3 Å². The van der Waals surface area contributed by atoms with Gasteiger partial charge in [-0.1, -0.05) is 18.2 Å². The second-order valence-electron chi connectivity index (χ2n) is 8.50. The molecule has 0 unspecified atom stereocenters. The van der Waals surface area contributed by atoms with Crippen LogP contribution in [0.3, 0.4) is 0 Å². The number of aromatic nitrogens is 1. The van der Waals surface area contributed by atoms with E-state index in [0.29, 0.717) is 36.6 Å². The summed E-state index contributed by atoms with van der Waals surface area (Å²) >= 11 is 0. The zero-order valence-electron chi connectivity index (χ0n) is 19.5. The molecule has 1 aliphatic rings. The number of H-pyrrole nitrogens is 1. The van der Waals surface area contributed by atoms with Crippen molar-refractivity contribution in [1.82, 2.24) is 14.8 Å². The van der Waals surface area contributed by atoms with Crippen molar-refractivity contribution >= 4 is 22.6 Å². The number of nitrogens with zero attached hydrogens (tertiary/aromatic N) is 2. The number of ketones is 1. The number of aromatic amines is 1. The van der Waals surface area contributed by atoms with Gasteiger partial charge < -0.3 is 24.3 Å². The number of likely N-dealkylation sites (N-methyl/N-ethyl adjacent to an activating group) is 1. The number of rotatable bonds is 9. The molecule has 0 bridgehead atoms. The van der Waals surface area contributed by atoms with Gasteiger partial charge in [-0.3, -0.25) is 9.59 Å². The van der Waals surface area contributed by atoms with E-state index < -0.39 is 11.7 Å². The van der Waals surface area contributed by atoms with Crippen LogP contribution in [0.2, 0.25) is 0 Å². The lowest BCUT2D eigenvalue weighted by molar-refractivity contribution is -0.126. The van der Waals surface area contributed by atoms with Crippen LogP contribution in [0.25, 0.3) is 10.9 Å². The molecule has 7 heteroatoms. The Morgan fingerprint density at radius 3 is 2.61 bits per heavy atom. The van der Waals surface area contributed by atoms with E-state index >= 15 is 0 Å². The molecule has 3 aromatic rings. The molecule has 4 rings (SSSR count). The van der Waals surface area contributed by atoms with Crippen molar-refractivity contribution in [1.29, 1.82) is 0 Å². The first-order chi connectivity index (χ1) is 16.0. The first-order valence-electron chi connectivity index (χ1n) is 11.3. The third kappa shape index (κ3) is 4.88. The molecule has 2 aromatic carbocycles. The van der Waals surface area contributed by atoms with Gasteiger partial charge in [0.1, 0.15) is 0 Å². The summed E-state index contributed by atoms with van der Waals surface area (Å²) in [5.74, 6) is 0.114. The standard InChI is InChI=1S/C26H31N3O4/c1-28(13-9-19-17-27-22-8-5-4-7-20(19)22)11-6-12-29-14-10-18-15-23(32-2)24(33-3)16-21(18)25(30)26(29)31/h4-5,7-8,15-17,27H,6,9-14H2,1-3H3. The number of methoxy groups -OCH3 is 2. The number of carbonyl (C=O) groups is 2. The molecule has 174 valence electrons. The Morgan fingerprint density at radius 1 is 1.06 bits per heavy atom. The number of nitrogens with one attached hydrogen (secondary N) is 1. The van der Waals surface area contributed by atoms with E-state index in [1.807, 2.05) is 6.07 Å². The smallest absolute Gasteiger partial charge is 0.294 e. The first kappa shape index (κ1) is 22.9. The van der Waals surface area contributed by atoms with E-state index in [0.717, 1.165) is 37.0 Å². The highest BCUT2D eigenvalue weighted by Gasteiger charge is 2.30. The molecule has 0 aliphatic carbocycles. The minimum atomic E-state index is -0.476. The highest BCUT2D eigenvalue weighted by Crippen LogP contribution is 2.32. The molecular formula is C26H31N3O4. The molecule has 2 heterocycles. The number of ether oxygens (including phenoxy) is 2. The summed E-state index contributed by atoms with van der Waals surface area (Å²) in [6.45, 7) is 2.87. The fourth-order valence-corrected chi connectivity index (χ4v) is 4.46. The molecule has 1 aliphatic heterocycles. The summed E-state index contributed by atoms with van der Waals surface area (Å²) in [7, 11) is 5.18. The van der Waals surface area contributed by atoms with Crippen LogP contribution in [0, 0.1) is 0 Å². The first-order valence-corrected chi connectivity index (χ1v) is 11.3. The number of carbonyl (C=O) groups excluding carboxylic acids is 2. The summed E-state index contributed by atoms with van der Waals surface area (Å²) < 4.78 is 10.7. The van der Waals surface area contributed by atoms with Crippen LogP contribution in [0.1, 0.15) is 27.9 Å². The summed E-state index contributed by atoms with van der Waals surface area (Å²) in [4.78, 5) is 33.0. The third-order valence-corrected chi connectivity index (χ3v) is 6.39. The number of para-hydroxylation sites is 1. The van der Waals surface area contributed by atoms with Crippen molar-refractivity contribution in [3.05, 3.63) is 59.3 Å². The second kappa shape index (κ2) is 10.1. The SMILES string of the molecule is COc1cc2c(cc1OC)C(=O)C(=O)N(CCCN(C)CCc1c[nH]c3ccccc13)CC2. The number of fused-ring (bicyclic) bond motifs is 2. The lowest BCUT2D eigenvalue weighted by atomic mass is 10.0. The van der Waals surface area contributed by atoms with E-state index in [-0.39, 0.29) is 0 Å². The Labute approximate surface area is 194 Å². The lowest BCUT2D eigenvalue weighted by Gasteiger charge is -2.22. The molecule has 7 nitrogen and oxygen atoms in total. The van der Waals surface area contributed by atoms with Crippen molar-refractivity contribution in [3.63, 3.8) is 0 Å². The Kier molecular flexibility index (Phi) is 6.99. The Balaban J connectivity index is 1.31. The Morgan fingerprint density at radius 2 is 1.82 bits per heavy atom.